The Hall–Kier alpha value is -3.25. The molecule has 0 spiro atoms. The van der Waals surface area contributed by atoms with E-state index in [0.717, 1.165) is 34.5 Å². The molecule has 0 radical (unpaired) electrons. The van der Waals surface area contributed by atoms with Gasteiger partial charge >= 0.3 is 0 Å². The largest absolute Gasteiger partial charge is 0.497 e. The third-order valence-electron chi connectivity index (χ3n) is 6.82. The number of ether oxygens (including phenoxy) is 1. The van der Waals surface area contributed by atoms with Crippen LogP contribution in [0.15, 0.2) is 77.7 Å². The van der Waals surface area contributed by atoms with E-state index < -0.39 is 10.0 Å². The van der Waals surface area contributed by atoms with Gasteiger partial charge in [0.15, 0.2) is 0 Å². The number of hydrogen-bond acceptors (Lipinski definition) is 4. The number of nitrogens with one attached hydrogen (secondary N) is 2. The second-order valence-electron chi connectivity index (χ2n) is 8.87. The van der Waals surface area contributed by atoms with E-state index in [1.165, 1.54) is 5.56 Å². The van der Waals surface area contributed by atoms with Gasteiger partial charge in [0.25, 0.3) is 10.0 Å². The van der Waals surface area contributed by atoms with Crippen LogP contribution in [0.3, 0.4) is 0 Å². The SMILES string of the molecule is COc1cccc([C@H]2Nc3ccc(S(=O)(=O)Nc4c(C)cccc4C)cc3[C@H]3C=CC[C@H]32)c1. The normalized spacial score (nSPS) is 21.1. The number of fused-ring (bicyclic) bond motifs is 3. The van der Waals surface area contributed by atoms with Gasteiger partial charge in [-0.15, -0.1) is 0 Å². The van der Waals surface area contributed by atoms with E-state index in [1.54, 1.807) is 13.2 Å². The van der Waals surface area contributed by atoms with E-state index in [2.05, 4.69) is 34.3 Å². The Morgan fingerprint density at radius 2 is 1.76 bits per heavy atom. The molecule has 170 valence electrons. The molecular weight excluding hydrogens is 432 g/mol. The second kappa shape index (κ2) is 8.27. The Morgan fingerprint density at radius 3 is 2.52 bits per heavy atom. The van der Waals surface area contributed by atoms with Gasteiger partial charge in [-0.25, -0.2) is 8.42 Å². The van der Waals surface area contributed by atoms with Gasteiger partial charge in [0.2, 0.25) is 0 Å². The minimum atomic E-state index is -3.71. The fourth-order valence-corrected chi connectivity index (χ4v) is 6.31. The van der Waals surface area contributed by atoms with Gasteiger partial charge in [-0.1, -0.05) is 42.5 Å². The average molecular weight is 461 g/mol. The Morgan fingerprint density at radius 1 is 1.00 bits per heavy atom. The lowest BCUT2D eigenvalue weighted by Gasteiger charge is -2.37. The lowest BCUT2D eigenvalue weighted by atomic mass is 9.77. The average Bonchev–Trinajstić information content (AvgIpc) is 3.31. The molecule has 0 aromatic heterocycles. The molecule has 0 unspecified atom stereocenters. The molecule has 0 amide bonds. The number of allylic oxidation sites excluding steroid dienone is 2. The molecule has 2 aliphatic rings. The van der Waals surface area contributed by atoms with Crippen LogP contribution in [0.2, 0.25) is 0 Å². The van der Waals surface area contributed by atoms with Crippen LogP contribution in [0.4, 0.5) is 11.4 Å². The van der Waals surface area contributed by atoms with Crippen molar-refractivity contribution in [3.63, 3.8) is 0 Å². The topological polar surface area (TPSA) is 67.4 Å². The first kappa shape index (κ1) is 21.6. The second-order valence-corrected chi connectivity index (χ2v) is 10.6. The maximum Gasteiger partial charge on any atom is 0.261 e. The quantitative estimate of drug-likeness (QED) is 0.463. The number of sulfonamides is 1. The molecule has 1 heterocycles. The van der Waals surface area contributed by atoms with Crippen LogP contribution in [0, 0.1) is 19.8 Å². The molecule has 6 heteroatoms. The van der Waals surface area contributed by atoms with Gasteiger partial charge in [0.1, 0.15) is 5.75 Å². The van der Waals surface area contributed by atoms with E-state index in [9.17, 15) is 8.42 Å². The van der Waals surface area contributed by atoms with Crippen molar-refractivity contribution in [1.82, 2.24) is 0 Å². The monoisotopic (exact) mass is 460 g/mol. The van der Waals surface area contributed by atoms with Crippen LogP contribution in [-0.4, -0.2) is 15.5 Å². The van der Waals surface area contributed by atoms with Crippen LogP contribution in [-0.2, 0) is 10.0 Å². The fraction of sp³-hybridized carbons (Fsp3) is 0.259. The number of para-hydroxylation sites is 1. The molecule has 0 fully saturated rings. The first-order valence-electron chi connectivity index (χ1n) is 11.2. The van der Waals surface area contributed by atoms with Gasteiger partial charge in [0, 0.05) is 11.6 Å². The number of anilines is 2. The molecular formula is C27H28N2O3S. The van der Waals surface area contributed by atoms with Crippen LogP contribution in [0.1, 0.15) is 40.6 Å². The summed E-state index contributed by atoms with van der Waals surface area (Å²) in [6, 6.07) is 19.4. The summed E-state index contributed by atoms with van der Waals surface area (Å²) in [5.74, 6) is 1.31. The molecule has 1 aliphatic carbocycles. The fourth-order valence-electron chi connectivity index (χ4n) is 5.07. The van der Waals surface area contributed by atoms with Crippen LogP contribution >= 0.6 is 0 Å². The summed E-state index contributed by atoms with van der Waals surface area (Å²) in [4.78, 5) is 0.282. The molecule has 2 N–H and O–H groups in total. The minimum Gasteiger partial charge on any atom is -0.497 e. The summed E-state index contributed by atoms with van der Waals surface area (Å²) in [6.45, 7) is 3.82. The predicted molar refractivity (Wildman–Crippen MR) is 133 cm³/mol. The minimum absolute atomic E-state index is 0.128. The van der Waals surface area contributed by atoms with Crippen molar-refractivity contribution in [2.75, 3.05) is 17.1 Å². The van der Waals surface area contributed by atoms with Crippen molar-refractivity contribution in [2.24, 2.45) is 5.92 Å². The highest BCUT2D eigenvalue weighted by Crippen LogP contribution is 2.50. The summed E-state index contributed by atoms with van der Waals surface area (Å²) in [5.41, 5.74) is 5.62. The van der Waals surface area contributed by atoms with Gasteiger partial charge in [-0.2, -0.15) is 0 Å². The molecule has 3 atom stereocenters. The highest BCUT2D eigenvalue weighted by Gasteiger charge is 2.38. The van der Waals surface area contributed by atoms with Crippen molar-refractivity contribution in [2.45, 2.75) is 37.1 Å². The molecule has 0 bridgehead atoms. The van der Waals surface area contributed by atoms with Gasteiger partial charge in [0.05, 0.1) is 23.7 Å². The molecule has 3 aromatic rings. The standard InChI is InChI=1S/C27H28N2O3S/c1-17-7-4-8-18(2)26(17)29-33(30,31)21-13-14-25-24(16-21)22-11-6-12-23(22)27(28-25)19-9-5-10-20(15-19)32-3/h4-11,13-16,22-23,27-29H,12H2,1-3H3/t22-,23+,27+/m0/s1. The van der Waals surface area contributed by atoms with Gasteiger partial charge in [-0.3, -0.25) is 4.72 Å². The lowest BCUT2D eigenvalue weighted by Crippen LogP contribution is -2.29. The van der Waals surface area contributed by atoms with Crippen LogP contribution < -0.4 is 14.8 Å². The van der Waals surface area contributed by atoms with E-state index in [1.807, 2.05) is 56.3 Å². The van der Waals surface area contributed by atoms with E-state index in [4.69, 9.17) is 4.74 Å². The molecule has 5 nitrogen and oxygen atoms in total. The summed E-state index contributed by atoms with van der Waals surface area (Å²) in [6.07, 6.45) is 5.36. The first-order valence-corrected chi connectivity index (χ1v) is 12.7. The number of rotatable bonds is 5. The zero-order chi connectivity index (χ0) is 23.2. The van der Waals surface area contributed by atoms with Gasteiger partial charge in [-0.05, 0) is 78.8 Å². The highest BCUT2D eigenvalue weighted by molar-refractivity contribution is 7.92. The Balaban J connectivity index is 1.50. The van der Waals surface area contributed by atoms with Crippen LogP contribution in [0.5, 0.6) is 5.75 Å². The molecule has 33 heavy (non-hydrogen) atoms. The molecule has 1 aliphatic heterocycles. The third kappa shape index (κ3) is 3.89. The number of methoxy groups -OCH3 is 1. The summed E-state index contributed by atoms with van der Waals surface area (Å²) >= 11 is 0. The van der Waals surface area contributed by atoms with E-state index in [0.29, 0.717) is 11.6 Å². The molecule has 0 saturated carbocycles. The third-order valence-corrected chi connectivity index (χ3v) is 8.16. The predicted octanol–water partition coefficient (Wildman–Crippen LogP) is 5.94. The molecule has 0 saturated heterocycles. The van der Waals surface area contributed by atoms with Crippen molar-refractivity contribution < 1.29 is 13.2 Å². The van der Waals surface area contributed by atoms with Crippen molar-refractivity contribution in [1.29, 1.82) is 0 Å². The molecule has 3 aromatic carbocycles. The first-order chi connectivity index (χ1) is 15.9. The van der Waals surface area contributed by atoms with E-state index >= 15 is 0 Å². The zero-order valence-corrected chi connectivity index (χ0v) is 19.8. The Kier molecular flexibility index (Phi) is 5.41. The number of hydrogen-bond donors (Lipinski definition) is 2. The maximum absolute atomic E-state index is 13.3. The lowest BCUT2D eigenvalue weighted by molar-refractivity contribution is 0.406. The van der Waals surface area contributed by atoms with Crippen molar-refractivity contribution in [3.05, 3.63) is 95.1 Å². The molecule has 5 rings (SSSR count). The summed E-state index contributed by atoms with van der Waals surface area (Å²) in [5, 5.41) is 3.67. The number of aryl methyl sites for hydroxylation is 2. The summed E-state index contributed by atoms with van der Waals surface area (Å²) in [7, 11) is -2.04. The van der Waals surface area contributed by atoms with E-state index in [-0.39, 0.29) is 16.9 Å². The Bertz CT molecular complexity index is 1330. The van der Waals surface area contributed by atoms with Crippen molar-refractivity contribution >= 4 is 21.4 Å². The zero-order valence-electron chi connectivity index (χ0n) is 19.0. The van der Waals surface area contributed by atoms with Crippen molar-refractivity contribution in [3.8, 4) is 5.75 Å². The van der Waals surface area contributed by atoms with Gasteiger partial charge < -0.3 is 10.1 Å². The highest BCUT2D eigenvalue weighted by atomic mass is 32.2. The Labute approximate surface area is 195 Å². The maximum atomic E-state index is 13.3. The van der Waals surface area contributed by atoms with Crippen LogP contribution in [0.25, 0.3) is 0 Å². The smallest absolute Gasteiger partial charge is 0.261 e. The number of benzene rings is 3. The summed E-state index contributed by atoms with van der Waals surface area (Å²) < 4.78 is 34.8.